The molecule has 0 bridgehead atoms. The fourth-order valence-electron chi connectivity index (χ4n) is 1.40. The van der Waals surface area contributed by atoms with E-state index in [1.807, 2.05) is 0 Å². The maximum absolute atomic E-state index is 12.6. The lowest BCUT2D eigenvalue weighted by molar-refractivity contribution is -0.136. The number of alkyl halides is 3. The average Bonchev–Trinajstić information content (AvgIpc) is 2.21. The zero-order chi connectivity index (χ0) is 11.9. The Hall–Kier alpha value is -1.00. The summed E-state index contributed by atoms with van der Waals surface area (Å²) >= 11 is 11.5. The van der Waals surface area contributed by atoms with Crippen LogP contribution in [-0.4, -0.2) is 4.98 Å². The minimum Gasteiger partial charge on any atom is -0.254 e. The topological polar surface area (TPSA) is 12.9 Å². The van der Waals surface area contributed by atoms with Gasteiger partial charge in [-0.05, 0) is 6.07 Å². The molecule has 0 aliphatic rings. The third-order valence-electron chi connectivity index (χ3n) is 2.09. The Bertz CT molecular complexity index is 551. The van der Waals surface area contributed by atoms with Gasteiger partial charge in [0.2, 0.25) is 0 Å². The summed E-state index contributed by atoms with van der Waals surface area (Å²) in [7, 11) is 0. The van der Waals surface area contributed by atoms with Gasteiger partial charge in [0.1, 0.15) is 0 Å². The number of halogens is 5. The molecule has 0 atom stereocenters. The molecular formula is C10H4Cl2F3N. The molecule has 2 rings (SSSR count). The van der Waals surface area contributed by atoms with Crippen molar-refractivity contribution in [1.82, 2.24) is 4.98 Å². The highest BCUT2D eigenvalue weighted by atomic mass is 35.5. The van der Waals surface area contributed by atoms with Gasteiger partial charge >= 0.3 is 6.18 Å². The van der Waals surface area contributed by atoms with Crippen LogP contribution in [0.25, 0.3) is 10.9 Å². The number of benzene rings is 1. The van der Waals surface area contributed by atoms with Gasteiger partial charge in [-0.25, -0.2) is 0 Å². The smallest absolute Gasteiger partial charge is 0.254 e. The van der Waals surface area contributed by atoms with Crippen molar-refractivity contribution in [3.05, 3.63) is 40.0 Å². The lowest BCUT2D eigenvalue weighted by Crippen LogP contribution is -2.06. The molecule has 0 radical (unpaired) electrons. The molecule has 0 saturated carbocycles. The highest BCUT2D eigenvalue weighted by Gasteiger charge is 2.33. The fourth-order valence-corrected chi connectivity index (χ4v) is 1.75. The van der Waals surface area contributed by atoms with Crippen LogP contribution >= 0.6 is 23.2 Å². The fraction of sp³-hybridized carbons (Fsp3) is 0.100. The molecule has 0 amide bonds. The minimum atomic E-state index is -4.45. The van der Waals surface area contributed by atoms with Crippen molar-refractivity contribution in [2.75, 3.05) is 0 Å². The molecule has 1 aromatic carbocycles. The van der Waals surface area contributed by atoms with Crippen molar-refractivity contribution in [2.45, 2.75) is 6.18 Å². The minimum absolute atomic E-state index is 0.0813. The Morgan fingerprint density at radius 2 is 1.81 bits per heavy atom. The van der Waals surface area contributed by atoms with E-state index in [1.54, 1.807) is 0 Å². The van der Waals surface area contributed by atoms with Crippen LogP contribution in [0.3, 0.4) is 0 Å². The number of hydrogen-bond acceptors (Lipinski definition) is 1. The van der Waals surface area contributed by atoms with Crippen molar-refractivity contribution in [2.24, 2.45) is 0 Å². The average molecular weight is 266 g/mol. The number of nitrogens with zero attached hydrogens (tertiary/aromatic N) is 1. The molecule has 0 unspecified atom stereocenters. The largest absolute Gasteiger partial charge is 0.418 e. The summed E-state index contributed by atoms with van der Waals surface area (Å²) in [5.74, 6) is 0. The van der Waals surface area contributed by atoms with E-state index in [2.05, 4.69) is 4.98 Å². The monoisotopic (exact) mass is 265 g/mol. The summed E-state index contributed by atoms with van der Waals surface area (Å²) in [6.07, 6.45) is -3.34. The van der Waals surface area contributed by atoms with E-state index in [1.165, 1.54) is 12.1 Å². The second-order valence-electron chi connectivity index (χ2n) is 3.12. The SMILES string of the molecule is FC(F)(F)c1cccc2c(Cl)c(Cl)cnc12. The molecule has 16 heavy (non-hydrogen) atoms. The van der Waals surface area contributed by atoms with Gasteiger partial charge in [-0.1, -0.05) is 35.3 Å². The van der Waals surface area contributed by atoms with Crippen molar-refractivity contribution < 1.29 is 13.2 Å². The zero-order valence-corrected chi connectivity index (χ0v) is 9.16. The van der Waals surface area contributed by atoms with Crippen molar-refractivity contribution in [3.8, 4) is 0 Å². The molecular weight excluding hydrogens is 262 g/mol. The first-order chi connectivity index (χ1) is 7.41. The van der Waals surface area contributed by atoms with E-state index < -0.39 is 11.7 Å². The Morgan fingerprint density at radius 1 is 1.12 bits per heavy atom. The van der Waals surface area contributed by atoms with Crippen LogP contribution in [0.5, 0.6) is 0 Å². The standard InChI is InChI=1S/C10H4Cl2F3N/c11-7-4-16-9-5(8(7)12)2-1-3-6(9)10(13,14)15/h1-4H. The summed E-state index contributed by atoms with van der Waals surface area (Å²) in [5.41, 5.74) is -1.01. The molecule has 6 heteroatoms. The molecule has 0 saturated heterocycles. The van der Waals surface area contributed by atoms with Gasteiger partial charge in [0.05, 0.1) is 21.1 Å². The van der Waals surface area contributed by atoms with Gasteiger partial charge in [0.25, 0.3) is 0 Å². The first kappa shape index (κ1) is 11.5. The number of pyridine rings is 1. The van der Waals surface area contributed by atoms with Gasteiger partial charge < -0.3 is 0 Å². The van der Waals surface area contributed by atoms with Crippen molar-refractivity contribution in [1.29, 1.82) is 0 Å². The Labute approximate surface area is 98.8 Å². The third kappa shape index (κ3) is 1.83. The first-order valence-electron chi connectivity index (χ1n) is 4.21. The second kappa shape index (κ2) is 3.79. The van der Waals surface area contributed by atoms with Gasteiger partial charge in [0.15, 0.2) is 0 Å². The lowest BCUT2D eigenvalue weighted by atomic mass is 10.1. The zero-order valence-electron chi connectivity index (χ0n) is 7.65. The van der Waals surface area contributed by atoms with E-state index in [0.29, 0.717) is 0 Å². The Balaban J connectivity index is 2.85. The van der Waals surface area contributed by atoms with Crippen LogP contribution < -0.4 is 0 Å². The Morgan fingerprint density at radius 3 is 2.44 bits per heavy atom. The van der Waals surface area contributed by atoms with E-state index in [4.69, 9.17) is 23.2 Å². The number of para-hydroxylation sites is 1. The van der Waals surface area contributed by atoms with Crippen LogP contribution in [0.2, 0.25) is 10.0 Å². The van der Waals surface area contributed by atoms with Gasteiger partial charge in [-0.2, -0.15) is 13.2 Å². The highest BCUT2D eigenvalue weighted by Crippen LogP contribution is 2.37. The molecule has 2 aromatic rings. The predicted octanol–water partition coefficient (Wildman–Crippen LogP) is 4.56. The number of fused-ring (bicyclic) bond motifs is 1. The van der Waals surface area contributed by atoms with E-state index >= 15 is 0 Å². The summed E-state index contributed by atoms with van der Waals surface area (Å²) in [4.78, 5) is 3.67. The maximum Gasteiger partial charge on any atom is 0.418 e. The molecule has 0 fully saturated rings. The van der Waals surface area contributed by atoms with Gasteiger partial charge in [0, 0.05) is 11.6 Å². The number of aromatic nitrogens is 1. The quantitative estimate of drug-likeness (QED) is 0.681. The second-order valence-corrected chi connectivity index (χ2v) is 3.90. The van der Waals surface area contributed by atoms with Gasteiger partial charge in [-0.3, -0.25) is 4.98 Å². The summed E-state index contributed by atoms with van der Waals surface area (Å²) < 4.78 is 37.9. The number of hydrogen-bond donors (Lipinski definition) is 0. The molecule has 0 aliphatic carbocycles. The third-order valence-corrected chi connectivity index (χ3v) is 2.89. The molecule has 0 spiro atoms. The summed E-state index contributed by atoms with van der Waals surface area (Å²) in [6, 6.07) is 3.68. The van der Waals surface area contributed by atoms with Crippen molar-refractivity contribution >= 4 is 34.1 Å². The number of rotatable bonds is 0. The molecule has 0 aliphatic heterocycles. The predicted molar refractivity (Wildman–Crippen MR) is 56.8 cm³/mol. The molecule has 0 N–H and O–H groups in total. The molecule has 1 nitrogen and oxygen atoms in total. The highest BCUT2D eigenvalue weighted by molar-refractivity contribution is 6.45. The summed E-state index contributed by atoms with van der Waals surface area (Å²) in [6.45, 7) is 0. The Kier molecular flexibility index (Phi) is 2.72. The lowest BCUT2D eigenvalue weighted by Gasteiger charge is -2.10. The molecule has 84 valence electrons. The molecule has 1 aromatic heterocycles. The first-order valence-corrected chi connectivity index (χ1v) is 4.97. The van der Waals surface area contributed by atoms with Crippen LogP contribution in [0.15, 0.2) is 24.4 Å². The normalized spacial score (nSPS) is 12.1. The molecule has 1 heterocycles. The van der Waals surface area contributed by atoms with Crippen LogP contribution in [0.1, 0.15) is 5.56 Å². The maximum atomic E-state index is 12.6. The summed E-state index contributed by atoms with van der Waals surface area (Å²) in [5, 5.41) is 0.412. The van der Waals surface area contributed by atoms with Crippen LogP contribution in [-0.2, 0) is 6.18 Å². The van der Waals surface area contributed by atoms with Gasteiger partial charge in [-0.15, -0.1) is 0 Å². The van der Waals surface area contributed by atoms with E-state index in [-0.39, 0.29) is 20.9 Å². The van der Waals surface area contributed by atoms with E-state index in [0.717, 1.165) is 12.3 Å². The van der Waals surface area contributed by atoms with Crippen LogP contribution in [0, 0.1) is 0 Å². The van der Waals surface area contributed by atoms with E-state index in [9.17, 15) is 13.2 Å². The van der Waals surface area contributed by atoms with Crippen LogP contribution in [0.4, 0.5) is 13.2 Å². The van der Waals surface area contributed by atoms with Crippen molar-refractivity contribution in [3.63, 3.8) is 0 Å².